The van der Waals surface area contributed by atoms with Crippen LogP contribution in [-0.2, 0) is 16.1 Å². The first kappa shape index (κ1) is 15.5. The first-order chi connectivity index (χ1) is 9.36. The Morgan fingerprint density at radius 3 is 2.70 bits per heavy atom. The summed E-state index contributed by atoms with van der Waals surface area (Å²) in [6.07, 6.45) is 1.56. The van der Waals surface area contributed by atoms with Crippen LogP contribution in [0.3, 0.4) is 0 Å². The zero-order valence-corrected chi connectivity index (χ0v) is 14.3. The number of hydrogen-bond donors (Lipinski definition) is 1. The smallest absolute Gasteiger partial charge is 0.248 e. The van der Waals surface area contributed by atoms with Crippen LogP contribution in [0.25, 0.3) is 0 Å². The Balaban J connectivity index is 2.30. The number of nitrogens with zero attached hydrogens (tertiary/aromatic N) is 1. The lowest BCUT2D eigenvalue weighted by molar-refractivity contribution is -0.154. The van der Waals surface area contributed by atoms with Crippen molar-refractivity contribution in [3.63, 3.8) is 0 Å². The largest absolute Gasteiger partial charge is 0.340 e. The molecule has 0 spiro atoms. The van der Waals surface area contributed by atoms with Crippen LogP contribution in [0.15, 0.2) is 15.9 Å². The van der Waals surface area contributed by atoms with E-state index in [9.17, 15) is 9.59 Å². The minimum Gasteiger partial charge on any atom is -0.340 e. The highest BCUT2D eigenvalue weighted by molar-refractivity contribution is 9.10. The van der Waals surface area contributed by atoms with Gasteiger partial charge in [-0.2, -0.15) is 0 Å². The van der Waals surface area contributed by atoms with E-state index in [0.29, 0.717) is 13.0 Å². The van der Waals surface area contributed by atoms with Crippen LogP contribution in [0.4, 0.5) is 0 Å². The third-order valence-corrected chi connectivity index (χ3v) is 5.39. The third-order valence-electron chi connectivity index (χ3n) is 3.48. The lowest BCUT2D eigenvalue weighted by Crippen LogP contribution is -2.67. The summed E-state index contributed by atoms with van der Waals surface area (Å²) < 4.78 is 0.995. The van der Waals surface area contributed by atoms with Crippen molar-refractivity contribution in [1.29, 1.82) is 0 Å². The molecule has 1 aromatic rings. The molecule has 1 saturated heterocycles. The Bertz CT molecular complexity index is 527. The van der Waals surface area contributed by atoms with Gasteiger partial charge in [0.05, 0.1) is 6.54 Å². The van der Waals surface area contributed by atoms with E-state index in [1.807, 2.05) is 18.4 Å². The van der Waals surface area contributed by atoms with Crippen LogP contribution in [-0.4, -0.2) is 28.3 Å². The summed E-state index contributed by atoms with van der Waals surface area (Å²) >= 11 is 5.08. The third kappa shape index (κ3) is 2.91. The van der Waals surface area contributed by atoms with Crippen LogP contribution < -0.4 is 5.32 Å². The van der Waals surface area contributed by atoms with Gasteiger partial charge in [0.2, 0.25) is 11.8 Å². The van der Waals surface area contributed by atoms with Crippen molar-refractivity contribution in [2.45, 2.75) is 51.7 Å². The molecule has 1 atom stereocenters. The number of hydrogen-bond acceptors (Lipinski definition) is 3. The van der Waals surface area contributed by atoms with Gasteiger partial charge in [-0.25, -0.2) is 0 Å². The van der Waals surface area contributed by atoms with E-state index in [-0.39, 0.29) is 17.9 Å². The first-order valence-corrected chi connectivity index (χ1v) is 8.39. The van der Waals surface area contributed by atoms with E-state index < -0.39 is 5.54 Å². The predicted octanol–water partition coefficient (Wildman–Crippen LogP) is 2.92. The van der Waals surface area contributed by atoms with E-state index in [4.69, 9.17) is 0 Å². The molecule has 1 aliphatic rings. The number of carbonyl (C=O) groups excluding carboxylic acids is 2. The highest BCUT2D eigenvalue weighted by Gasteiger charge is 2.44. The fraction of sp³-hybridized carbons (Fsp3) is 0.571. The highest BCUT2D eigenvalue weighted by Crippen LogP contribution is 2.28. The number of carbonyl (C=O) groups is 2. The van der Waals surface area contributed by atoms with E-state index in [1.165, 1.54) is 0 Å². The summed E-state index contributed by atoms with van der Waals surface area (Å²) in [4.78, 5) is 27.7. The molecule has 2 heterocycles. The fourth-order valence-corrected chi connectivity index (χ4v) is 3.90. The van der Waals surface area contributed by atoms with Gasteiger partial charge in [-0.15, -0.1) is 11.3 Å². The molecule has 2 rings (SSSR count). The van der Waals surface area contributed by atoms with Gasteiger partial charge in [-0.05, 0) is 47.6 Å². The maximum Gasteiger partial charge on any atom is 0.248 e. The van der Waals surface area contributed by atoms with Crippen molar-refractivity contribution < 1.29 is 9.59 Å². The van der Waals surface area contributed by atoms with Gasteiger partial charge in [-0.1, -0.05) is 13.3 Å². The average Bonchev–Trinajstić information content (AvgIpc) is 2.76. The molecule has 0 aromatic carbocycles. The van der Waals surface area contributed by atoms with Crippen LogP contribution >= 0.6 is 27.3 Å². The minimum atomic E-state index is -0.828. The molecule has 1 aliphatic heterocycles. The molecule has 0 bridgehead atoms. The molecule has 1 N–H and O–H groups in total. The number of thiophene rings is 1. The standard InChI is InChI=1S/C14H19BrN2O2S/c1-4-5-10-12(18)16-14(2,3)13(19)17(10)8-11-9(15)6-7-20-11/h6-7,10H,4-5,8H2,1-3H3,(H,16,18). The van der Waals surface area contributed by atoms with E-state index in [1.54, 1.807) is 30.1 Å². The second-order valence-electron chi connectivity index (χ2n) is 5.54. The van der Waals surface area contributed by atoms with E-state index >= 15 is 0 Å². The van der Waals surface area contributed by atoms with Gasteiger partial charge < -0.3 is 10.2 Å². The zero-order chi connectivity index (χ0) is 14.9. The highest BCUT2D eigenvalue weighted by atomic mass is 79.9. The van der Waals surface area contributed by atoms with Crippen molar-refractivity contribution in [2.24, 2.45) is 0 Å². The molecular weight excluding hydrogens is 340 g/mol. The van der Waals surface area contributed by atoms with Gasteiger partial charge in [0.25, 0.3) is 0 Å². The molecule has 0 saturated carbocycles. The van der Waals surface area contributed by atoms with Crippen molar-refractivity contribution in [3.8, 4) is 0 Å². The van der Waals surface area contributed by atoms with Crippen LogP contribution in [0, 0.1) is 0 Å². The van der Waals surface area contributed by atoms with Crippen LogP contribution in [0.1, 0.15) is 38.5 Å². The Labute approximate surface area is 131 Å². The number of piperazine rings is 1. The molecule has 2 amide bonds. The maximum absolute atomic E-state index is 12.6. The number of rotatable bonds is 4. The van der Waals surface area contributed by atoms with Crippen molar-refractivity contribution in [2.75, 3.05) is 0 Å². The molecule has 6 heteroatoms. The number of halogens is 1. The lowest BCUT2D eigenvalue weighted by atomic mass is 9.95. The first-order valence-electron chi connectivity index (χ1n) is 6.71. The Morgan fingerprint density at radius 1 is 1.45 bits per heavy atom. The van der Waals surface area contributed by atoms with Crippen LogP contribution in [0.5, 0.6) is 0 Å². The molecule has 1 unspecified atom stereocenters. The average molecular weight is 359 g/mol. The molecule has 0 aliphatic carbocycles. The summed E-state index contributed by atoms with van der Waals surface area (Å²) in [5, 5.41) is 4.81. The Kier molecular flexibility index (Phi) is 4.54. The van der Waals surface area contributed by atoms with E-state index in [2.05, 4.69) is 21.2 Å². The predicted molar refractivity (Wildman–Crippen MR) is 83.5 cm³/mol. The molecule has 0 radical (unpaired) electrons. The number of amides is 2. The van der Waals surface area contributed by atoms with Gasteiger partial charge in [0.1, 0.15) is 11.6 Å². The van der Waals surface area contributed by atoms with Gasteiger partial charge in [-0.3, -0.25) is 9.59 Å². The lowest BCUT2D eigenvalue weighted by Gasteiger charge is -2.42. The Morgan fingerprint density at radius 2 is 2.15 bits per heavy atom. The van der Waals surface area contributed by atoms with Gasteiger partial charge >= 0.3 is 0 Å². The SMILES string of the molecule is CCCC1C(=O)NC(C)(C)C(=O)N1Cc1sccc1Br. The minimum absolute atomic E-state index is 0.0177. The normalized spacial score (nSPS) is 22.0. The van der Waals surface area contributed by atoms with Crippen LogP contribution in [0.2, 0.25) is 0 Å². The second kappa shape index (κ2) is 5.85. The zero-order valence-electron chi connectivity index (χ0n) is 11.9. The topological polar surface area (TPSA) is 49.4 Å². The van der Waals surface area contributed by atoms with Crippen molar-refractivity contribution in [3.05, 3.63) is 20.8 Å². The summed E-state index contributed by atoms with van der Waals surface area (Å²) in [6.45, 7) is 6.02. The Hall–Kier alpha value is -0.880. The molecule has 20 heavy (non-hydrogen) atoms. The second-order valence-corrected chi connectivity index (χ2v) is 7.40. The quantitative estimate of drug-likeness (QED) is 0.899. The summed E-state index contributed by atoms with van der Waals surface area (Å²) in [5.74, 6) is -0.0695. The summed E-state index contributed by atoms with van der Waals surface area (Å²) in [6, 6.07) is 1.60. The maximum atomic E-state index is 12.6. The molecule has 110 valence electrons. The molecule has 1 fully saturated rings. The monoisotopic (exact) mass is 358 g/mol. The molecular formula is C14H19BrN2O2S. The fourth-order valence-electron chi connectivity index (χ4n) is 2.42. The van der Waals surface area contributed by atoms with Crippen molar-refractivity contribution >= 4 is 39.1 Å². The van der Waals surface area contributed by atoms with E-state index in [0.717, 1.165) is 15.8 Å². The van der Waals surface area contributed by atoms with Gasteiger partial charge in [0.15, 0.2) is 0 Å². The van der Waals surface area contributed by atoms with Crippen molar-refractivity contribution in [1.82, 2.24) is 10.2 Å². The summed E-state index contributed by atoms with van der Waals surface area (Å²) in [7, 11) is 0. The molecule has 4 nitrogen and oxygen atoms in total. The number of nitrogens with one attached hydrogen (secondary N) is 1. The molecule has 1 aromatic heterocycles. The summed E-state index contributed by atoms with van der Waals surface area (Å²) in [5.41, 5.74) is -0.828. The van der Waals surface area contributed by atoms with Gasteiger partial charge in [0, 0.05) is 9.35 Å².